The van der Waals surface area contributed by atoms with Crippen molar-refractivity contribution in [2.75, 3.05) is 36.4 Å². The first-order valence-electron chi connectivity index (χ1n) is 14.5. The van der Waals surface area contributed by atoms with E-state index in [9.17, 15) is 0 Å². The zero-order chi connectivity index (χ0) is 22.6. The van der Waals surface area contributed by atoms with E-state index in [1.165, 1.54) is 122 Å². The maximum absolute atomic E-state index is 4.96. The molecule has 1 aromatic heterocycles. The lowest BCUT2D eigenvalue weighted by Gasteiger charge is -2.33. The van der Waals surface area contributed by atoms with Crippen LogP contribution in [0.1, 0.15) is 116 Å². The second-order valence-electron chi connectivity index (χ2n) is 10.9. The second-order valence-corrected chi connectivity index (χ2v) is 10.9. The molecule has 0 bridgehead atoms. The Bertz CT molecular complexity index is 645. The highest BCUT2D eigenvalue weighted by Crippen LogP contribution is 2.25. The van der Waals surface area contributed by atoms with Gasteiger partial charge in [0, 0.05) is 37.9 Å². The third kappa shape index (κ3) is 8.42. The molecule has 4 rings (SSSR count). The third-order valence-corrected chi connectivity index (χ3v) is 8.20. The van der Waals surface area contributed by atoms with Gasteiger partial charge < -0.3 is 10.2 Å². The molecule has 0 radical (unpaired) electrons. The second kappa shape index (κ2) is 14.1. The molecule has 1 aromatic rings. The molecule has 3 fully saturated rings. The summed E-state index contributed by atoms with van der Waals surface area (Å²) < 4.78 is 0. The Morgan fingerprint density at radius 3 is 1.94 bits per heavy atom. The Kier molecular flexibility index (Phi) is 10.6. The number of likely N-dealkylation sites (tertiary alicyclic amines) is 1. The summed E-state index contributed by atoms with van der Waals surface area (Å²) in [4.78, 5) is 14.9. The molecule has 186 valence electrons. The monoisotopic (exact) mass is 455 g/mol. The Morgan fingerprint density at radius 2 is 1.24 bits per heavy atom. The van der Waals surface area contributed by atoms with Crippen molar-refractivity contribution in [2.24, 2.45) is 0 Å². The SMILES string of the molecule is c1cc(N2CCCCCC2)nc(NC2CCCCN(C3CCCCCCCCCCC3)C2)n1. The van der Waals surface area contributed by atoms with E-state index in [4.69, 9.17) is 4.98 Å². The van der Waals surface area contributed by atoms with E-state index in [1.807, 2.05) is 6.20 Å². The number of hydrogen-bond donors (Lipinski definition) is 1. The molecule has 1 atom stereocenters. The van der Waals surface area contributed by atoms with Gasteiger partial charge in [0.2, 0.25) is 5.95 Å². The smallest absolute Gasteiger partial charge is 0.224 e. The minimum absolute atomic E-state index is 0.466. The van der Waals surface area contributed by atoms with Crippen LogP contribution in [0.2, 0.25) is 0 Å². The van der Waals surface area contributed by atoms with E-state index in [0.717, 1.165) is 37.4 Å². The van der Waals surface area contributed by atoms with Crippen LogP contribution in [0.25, 0.3) is 0 Å². The molecule has 0 spiro atoms. The minimum atomic E-state index is 0.466. The average molecular weight is 456 g/mol. The third-order valence-electron chi connectivity index (χ3n) is 8.20. The standard InChI is InChI=1S/C28H49N5/c1-2-4-6-10-17-26(18-11-7-5-3-1)33-23-15-12-16-25(24-33)30-28-29-20-19-27(31-28)32-21-13-8-9-14-22-32/h19-20,25-26H,1-18,21-24H2,(H,29,30,31). The number of aromatic nitrogens is 2. The molecule has 2 aliphatic heterocycles. The first-order valence-corrected chi connectivity index (χ1v) is 14.5. The van der Waals surface area contributed by atoms with E-state index < -0.39 is 0 Å². The van der Waals surface area contributed by atoms with Crippen LogP contribution in [-0.4, -0.2) is 53.1 Å². The van der Waals surface area contributed by atoms with Crippen molar-refractivity contribution in [2.45, 2.75) is 128 Å². The van der Waals surface area contributed by atoms with Gasteiger partial charge in [-0.3, -0.25) is 4.90 Å². The Morgan fingerprint density at radius 1 is 0.667 bits per heavy atom. The van der Waals surface area contributed by atoms with Gasteiger partial charge in [0.1, 0.15) is 5.82 Å². The molecule has 3 heterocycles. The van der Waals surface area contributed by atoms with Crippen molar-refractivity contribution in [3.8, 4) is 0 Å². The summed E-state index contributed by atoms with van der Waals surface area (Å²) in [7, 11) is 0. The van der Waals surface area contributed by atoms with Gasteiger partial charge in [0.05, 0.1) is 0 Å². The van der Waals surface area contributed by atoms with Crippen LogP contribution in [0.3, 0.4) is 0 Å². The highest BCUT2D eigenvalue weighted by Gasteiger charge is 2.25. The predicted molar refractivity (Wildman–Crippen MR) is 140 cm³/mol. The van der Waals surface area contributed by atoms with Crippen molar-refractivity contribution < 1.29 is 0 Å². The zero-order valence-electron chi connectivity index (χ0n) is 21.2. The van der Waals surface area contributed by atoms with E-state index in [2.05, 4.69) is 26.2 Å². The molecule has 5 nitrogen and oxygen atoms in total. The topological polar surface area (TPSA) is 44.3 Å². The fraction of sp³-hybridized carbons (Fsp3) is 0.857. The predicted octanol–water partition coefficient (Wildman–Crippen LogP) is 6.80. The van der Waals surface area contributed by atoms with E-state index in [1.54, 1.807) is 0 Å². The molecule has 33 heavy (non-hydrogen) atoms. The number of nitrogens with one attached hydrogen (secondary N) is 1. The van der Waals surface area contributed by atoms with Crippen molar-refractivity contribution in [1.29, 1.82) is 0 Å². The molecule has 0 amide bonds. The number of anilines is 2. The lowest BCUT2D eigenvalue weighted by atomic mass is 9.96. The van der Waals surface area contributed by atoms with Crippen LogP contribution in [0.5, 0.6) is 0 Å². The van der Waals surface area contributed by atoms with Gasteiger partial charge in [-0.1, -0.05) is 77.0 Å². The summed E-state index contributed by atoms with van der Waals surface area (Å²) >= 11 is 0. The first-order chi connectivity index (χ1) is 16.4. The Hall–Kier alpha value is -1.36. The normalized spacial score (nSPS) is 25.9. The highest BCUT2D eigenvalue weighted by atomic mass is 15.2. The molecule has 1 aliphatic carbocycles. The van der Waals surface area contributed by atoms with E-state index in [-0.39, 0.29) is 0 Å². The molecule has 2 saturated heterocycles. The van der Waals surface area contributed by atoms with Crippen LogP contribution >= 0.6 is 0 Å². The highest BCUT2D eigenvalue weighted by molar-refractivity contribution is 5.43. The van der Waals surface area contributed by atoms with Crippen molar-refractivity contribution in [1.82, 2.24) is 14.9 Å². The summed E-state index contributed by atoms with van der Waals surface area (Å²) in [5.74, 6) is 1.95. The van der Waals surface area contributed by atoms with Gasteiger partial charge in [-0.05, 0) is 51.1 Å². The van der Waals surface area contributed by atoms with Gasteiger partial charge >= 0.3 is 0 Å². The minimum Gasteiger partial charge on any atom is -0.356 e. The van der Waals surface area contributed by atoms with E-state index >= 15 is 0 Å². The van der Waals surface area contributed by atoms with Crippen LogP contribution in [0.15, 0.2) is 12.3 Å². The van der Waals surface area contributed by atoms with Gasteiger partial charge in [0.25, 0.3) is 0 Å². The van der Waals surface area contributed by atoms with Gasteiger partial charge in [0.15, 0.2) is 0 Å². The molecule has 3 aliphatic rings. The van der Waals surface area contributed by atoms with Crippen LogP contribution < -0.4 is 10.2 Å². The van der Waals surface area contributed by atoms with Gasteiger partial charge in [-0.25, -0.2) is 4.98 Å². The summed E-state index contributed by atoms with van der Waals surface area (Å²) in [5.41, 5.74) is 0. The fourth-order valence-corrected chi connectivity index (χ4v) is 6.20. The Balaban J connectivity index is 1.35. The van der Waals surface area contributed by atoms with Crippen molar-refractivity contribution in [3.05, 3.63) is 12.3 Å². The Labute approximate surface area is 203 Å². The summed E-state index contributed by atoms with van der Waals surface area (Å²) in [6.07, 6.45) is 26.9. The molecule has 1 unspecified atom stereocenters. The first kappa shape index (κ1) is 24.8. The zero-order valence-corrected chi connectivity index (χ0v) is 21.2. The average Bonchev–Trinajstić information content (AvgIpc) is 3.23. The number of rotatable bonds is 4. The lowest BCUT2D eigenvalue weighted by Crippen LogP contribution is -2.42. The van der Waals surface area contributed by atoms with Crippen molar-refractivity contribution >= 4 is 11.8 Å². The largest absolute Gasteiger partial charge is 0.356 e. The lowest BCUT2D eigenvalue weighted by molar-refractivity contribution is 0.172. The van der Waals surface area contributed by atoms with E-state index in [0.29, 0.717) is 6.04 Å². The van der Waals surface area contributed by atoms with Crippen LogP contribution in [0, 0.1) is 0 Å². The van der Waals surface area contributed by atoms with Crippen molar-refractivity contribution in [3.63, 3.8) is 0 Å². The molecular weight excluding hydrogens is 406 g/mol. The van der Waals surface area contributed by atoms with Gasteiger partial charge in [-0.2, -0.15) is 4.98 Å². The molecule has 0 aromatic carbocycles. The maximum Gasteiger partial charge on any atom is 0.224 e. The number of nitrogens with zero attached hydrogens (tertiary/aromatic N) is 4. The maximum atomic E-state index is 4.96. The fourth-order valence-electron chi connectivity index (χ4n) is 6.20. The molecular formula is C28H49N5. The quantitative estimate of drug-likeness (QED) is 0.541. The molecule has 1 N–H and O–H groups in total. The molecule has 1 saturated carbocycles. The summed E-state index contributed by atoms with van der Waals surface area (Å²) in [6, 6.07) is 3.34. The van der Waals surface area contributed by atoms with Crippen LogP contribution in [0.4, 0.5) is 11.8 Å². The molecule has 5 heteroatoms. The summed E-state index contributed by atoms with van der Waals surface area (Å²) in [5, 5.41) is 3.76. The summed E-state index contributed by atoms with van der Waals surface area (Å²) in [6.45, 7) is 4.70. The number of hydrogen-bond acceptors (Lipinski definition) is 5. The van der Waals surface area contributed by atoms with Crippen LogP contribution in [-0.2, 0) is 0 Å². The van der Waals surface area contributed by atoms with Gasteiger partial charge in [-0.15, -0.1) is 0 Å².